The van der Waals surface area contributed by atoms with Crippen LogP contribution in [-0.2, 0) is 6.54 Å². The second-order valence-electron chi connectivity index (χ2n) is 15.6. The van der Waals surface area contributed by atoms with Crippen LogP contribution in [0.5, 0.6) is 0 Å². The monoisotopic (exact) mass is 804 g/mol. The van der Waals surface area contributed by atoms with Crippen LogP contribution in [0.25, 0.3) is 33.5 Å². The molecule has 1 unspecified atom stereocenters. The Morgan fingerprint density at radius 2 is 1.38 bits per heavy atom. The highest BCUT2D eigenvalue weighted by Crippen LogP contribution is 2.32. The van der Waals surface area contributed by atoms with Crippen molar-refractivity contribution in [2.24, 2.45) is 0 Å². The van der Waals surface area contributed by atoms with Gasteiger partial charge in [-0.15, -0.1) is 10.2 Å². The zero-order chi connectivity index (χ0) is 40.6. The van der Waals surface area contributed by atoms with Gasteiger partial charge in [-0.1, -0.05) is 12.1 Å². The first-order valence-electron chi connectivity index (χ1n) is 20.4. The number of aromatic nitrogens is 10. The fourth-order valence-electron chi connectivity index (χ4n) is 8.08. The van der Waals surface area contributed by atoms with Gasteiger partial charge in [-0.25, -0.2) is 19.0 Å². The number of rotatable bonds is 12. The van der Waals surface area contributed by atoms with Gasteiger partial charge in [0.25, 0.3) is 0 Å². The summed E-state index contributed by atoms with van der Waals surface area (Å²) < 4.78 is 5.58. The average molecular weight is 805 g/mol. The lowest BCUT2D eigenvalue weighted by Gasteiger charge is -2.35. The van der Waals surface area contributed by atoms with Crippen molar-refractivity contribution in [1.29, 1.82) is 0 Å². The van der Waals surface area contributed by atoms with Gasteiger partial charge in [-0.2, -0.15) is 10.2 Å². The molecule has 60 heavy (non-hydrogen) atoms. The second-order valence-corrected chi connectivity index (χ2v) is 15.6. The Kier molecular flexibility index (Phi) is 10.0. The van der Waals surface area contributed by atoms with E-state index in [4.69, 9.17) is 20.3 Å². The Bertz CT molecular complexity index is 2700. The molecule has 2 saturated heterocycles. The largest absolute Gasteiger partial charge is 0.373 e. The van der Waals surface area contributed by atoms with Crippen LogP contribution >= 0.6 is 0 Å². The van der Waals surface area contributed by atoms with Gasteiger partial charge in [0.2, 0.25) is 11.9 Å². The van der Waals surface area contributed by atoms with Crippen molar-refractivity contribution < 1.29 is 5.11 Å². The summed E-state index contributed by atoms with van der Waals surface area (Å²) in [7, 11) is 4.32. The normalized spacial score (nSPS) is 15.9. The van der Waals surface area contributed by atoms with Crippen LogP contribution < -0.4 is 20.0 Å². The molecule has 10 rings (SSSR count). The quantitative estimate of drug-likeness (QED) is 0.145. The van der Waals surface area contributed by atoms with Crippen molar-refractivity contribution in [2.75, 3.05) is 86.5 Å². The summed E-state index contributed by atoms with van der Waals surface area (Å²) in [4.78, 5) is 20.7. The number of benzene rings is 2. The van der Waals surface area contributed by atoms with Crippen LogP contribution in [0, 0.1) is 0 Å². The molecule has 6 aromatic heterocycles. The number of hydrogen-bond acceptors (Lipinski definition) is 13. The van der Waals surface area contributed by atoms with Gasteiger partial charge in [-0.3, -0.25) is 14.7 Å². The summed E-state index contributed by atoms with van der Waals surface area (Å²) in [5, 5.41) is 37.1. The predicted molar refractivity (Wildman–Crippen MR) is 233 cm³/mol. The van der Waals surface area contributed by atoms with E-state index >= 15 is 0 Å². The number of piperazine rings is 2. The number of likely N-dealkylation sites (N-methyl/N-ethyl adjacent to an activating group) is 2. The summed E-state index contributed by atoms with van der Waals surface area (Å²) in [5.74, 6) is 0.877. The molecule has 17 nitrogen and oxygen atoms in total. The fourth-order valence-corrected chi connectivity index (χ4v) is 8.08. The number of aliphatic hydroxyl groups is 1. The molecule has 2 aliphatic heterocycles. The standard InChI is InChI=1S/C43H48N16O/c1-52-15-19-54(20-16-52)34-6-3-5-33(23-34)49-42-44-28-37-10-12-40(58(37)50-42)32-27-48-56(30-32)14-13-41(60)57(36-8-4-7-35(24-36)55-21-17-53(2)18-22-55)43-45-29-38-9-11-39(59(38)51-43)31-25-46-47-26-31/h3-12,23-30,41,60H,13-22H2,1-2H3,(H,46,47)(H,49,50). The minimum absolute atomic E-state index is 0.347. The molecule has 8 aromatic rings. The SMILES string of the molecule is CN1CCN(c2cccc(Nc3ncc4ccc(-c5cnn(CCC(O)N(c6cccc(N7CCN(C)CC7)c6)c6ncc7ccc(-c8cn[nH]c8)n7n6)c5)n4n3)c2)CC1. The van der Waals surface area contributed by atoms with Crippen molar-refractivity contribution >= 4 is 45.7 Å². The maximum absolute atomic E-state index is 12.1. The summed E-state index contributed by atoms with van der Waals surface area (Å²) in [5.41, 5.74) is 9.27. The molecule has 0 saturated carbocycles. The average Bonchev–Trinajstić information content (AvgIpc) is 4.11. The Labute approximate surface area is 347 Å². The topological polar surface area (TPSA) is 155 Å². The second kappa shape index (κ2) is 16.1. The lowest BCUT2D eigenvalue weighted by molar-refractivity contribution is 0.161. The van der Waals surface area contributed by atoms with Crippen molar-refractivity contribution in [3.8, 4) is 22.5 Å². The summed E-state index contributed by atoms with van der Waals surface area (Å²) in [6.45, 7) is 8.36. The molecule has 1 atom stereocenters. The maximum atomic E-state index is 12.1. The first-order valence-corrected chi connectivity index (χ1v) is 20.4. The van der Waals surface area contributed by atoms with Gasteiger partial charge in [0.15, 0.2) is 0 Å². The number of fused-ring (bicyclic) bond motifs is 2. The zero-order valence-electron chi connectivity index (χ0n) is 33.7. The molecule has 2 fully saturated rings. The minimum Gasteiger partial charge on any atom is -0.373 e. The highest BCUT2D eigenvalue weighted by atomic mass is 16.3. The highest BCUT2D eigenvalue weighted by Gasteiger charge is 2.25. The minimum atomic E-state index is -0.976. The van der Waals surface area contributed by atoms with Crippen molar-refractivity contribution in [3.05, 3.63) is 110 Å². The molecule has 17 heteroatoms. The number of aromatic amines is 1. The third-order valence-electron chi connectivity index (χ3n) is 11.6. The Morgan fingerprint density at radius 3 is 2.10 bits per heavy atom. The summed E-state index contributed by atoms with van der Waals surface area (Å²) in [6, 6.07) is 24.7. The van der Waals surface area contributed by atoms with E-state index in [1.807, 2.05) is 85.9 Å². The molecule has 2 aromatic carbocycles. The number of nitrogens with zero attached hydrogens (tertiary/aromatic N) is 14. The van der Waals surface area contributed by atoms with Gasteiger partial charge in [-0.05, 0) is 74.8 Å². The Morgan fingerprint density at radius 1 is 0.717 bits per heavy atom. The van der Waals surface area contributed by atoms with Gasteiger partial charge in [0.05, 0.1) is 47.2 Å². The lowest BCUT2D eigenvalue weighted by Crippen LogP contribution is -2.44. The van der Waals surface area contributed by atoms with E-state index in [1.54, 1.807) is 12.4 Å². The van der Waals surface area contributed by atoms with E-state index in [1.165, 1.54) is 5.69 Å². The third-order valence-corrected chi connectivity index (χ3v) is 11.6. The first kappa shape index (κ1) is 37.5. The van der Waals surface area contributed by atoms with E-state index in [2.05, 4.69) is 84.5 Å². The highest BCUT2D eigenvalue weighted by molar-refractivity contribution is 5.69. The van der Waals surface area contributed by atoms with E-state index in [0.717, 1.165) is 103 Å². The Hall–Kier alpha value is -6.82. The molecule has 306 valence electrons. The van der Waals surface area contributed by atoms with Gasteiger partial charge in [0, 0.05) is 112 Å². The van der Waals surface area contributed by atoms with Gasteiger partial charge < -0.3 is 30.0 Å². The van der Waals surface area contributed by atoms with E-state index in [0.29, 0.717) is 24.9 Å². The van der Waals surface area contributed by atoms with E-state index in [-0.39, 0.29) is 0 Å². The fraction of sp³-hybridized carbons (Fsp3) is 0.302. The van der Waals surface area contributed by atoms with Crippen molar-refractivity contribution in [1.82, 2.24) is 59.0 Å². The Balaban J connectivity index is 0.890. The molecule has 0 spiro atoms. The number of hydrogen-bond donors (Lipinski definition) is 3. The first-order chi connectivity index (χ1) is 29.4. The molecule has 2 aliphatic rings. The number of H-pyrrole nitrogens is 1. The van der Waals surface area contributed by atoms with E-state index < -0.39 is 6.23 Å². The van der Waals surface area contributed by atoms with E-state index in [9.17, 15) is 5.11 Å². The molecular formula is C43H48N16O. The molecule has 0 amide bonds. The van der Waals surface area contributed by atoms with Crippen LogP contribution in [0.4, 0.5) is 34.6 Å². The number of aryl methyl sites for hydroxylation is 1. The number of aliphatic hydroxyl groups excluding tert-OH is 1. The van der Waals surface area contributed by atoms with Gasteiger partial charge >= 0.3 is 0 Å². The molecule has 8 heterocycles. The van der Waals surface area contributed by atoms with Crippen LogP contribution in [0.15, 0.2) is 110 Å². The predicted octanol–water partition coefficient (Wildman–Crippen LogP) is 4.82. The molecule has 3 N–H and O–H groups in total. The molecular weight excluding hydrogens is 757 g/mol. The summed E-state index contributed by atoms with van der Waals surface area (Å²) in [6.07, 6.45) is 10.4. The number of anilines is 6. The smallest absolute Gasteiger partial charge is 0.250 e. The van der Waals surface area contributed by atoms with Crippen molar-refractivity contribution in [2.45, 2.75) is 19.2 Å². The lowest BCUT2D eigenvalue weighted by atomic mass is 10.2. The number of nitrogens with one attached hydrogen (secondary N) is 2. The van der Waals surface area contributed by atoms with Crippen LogP contribution in [0.3, 0.4) is 0 Å². The molecule has 0 bridgehead atoms. The van der Waals surface area contributed by atoms with Crippen LogP contribution in [-0.4, -0.2) is 137 Å². The third kappa shape index (κ3) is 7.60. The zero-order valence-corrected chi connectivity index (χ0v) is 33.7. The van der Waals surface area contributed by atoms with Crippen molar-refractivity contribution in [3.63, 3.8) is 0 Å². The van der Waals surface area contributed by atoms with Crippen LogP contribution in [0.1, 0.15) is 6.42 Å². The molecule has 0 aliphatic carbocycles. The maximum Gasteiger partial charge on any atom is 0.250 e. The molecule has 0 radical (unpaired) electrons. The summed E-state index contributed by atoms with van der Waals surface area (Å²) >= 11 is 0. The van der Waals surface area contributed by atoms with Gasteiger partial charge in [0.1, 0.15) is 6.23 Å². The van der Waals surface area contributed by atoms with Crippen LogP contribution in [0.2, 0.25) is 0 Å².